The molecule has 0 spiro atoms. The van der Waals surface area contributed by atoms with Crippen molar-refractivity contribution in [2.24, 2.45) is 0 Å². The molecule has 0 radical (unpaired) electrons. The predicted molar refractivity (Wildman–Crippen MR) is 111 cm³/mol. The molecule has 0 aliphatic carbocycles. The number of anilines is 1. The second kappa shape index (κ2) is 8.60. The van der Waals surface area contributed by atoms with Crippen LogP contribution in [0.5, 0.6) is 11.5 Å². The van der Waals surface area contributed by atoms with Gasteiger partial charge in [0.2, 0.25) is 0 Å². The lowest BCUT2D eigenvalue weighted by molar-refractivity contribution is -0.136. The van der Waals surface area contributed by atoms with Gasteiger partial charge in [-0.1, -0.05) is 30.8 Å². The van der Waals surface area contributed by atoms with Crippen molar-refractivity contribution >= 4 is 23.5 Å². The van der Waals surface area contributed by atoms with Crippen molar-refractivity contribution in [3.8, 4) is 11.5 Å². The number of ether oxygens (including phenoxy) is 3. The van der Waals surface area contributed by atoms with Crippen LogP contribution in [0.2, 0.25) is 0 Å². The van der Waals surface area contributed by atoms with Crippen molar-refractivity contribution in [1.82, 2.24) is 9.97 Å². The van der Waals surface area contributed by atoms with E-state index < -0.39 is 11.9 Å². The summed E-state index contributed by atoms with van der Waals surface area (Å²) in [4.78, 5) is 33.1. The molecule has 2 aromatic rings. The zero-order chi connectivity index (χ0) is 21.1. The number of para-hydroxylation sites is 1. The Morgan fingerprint density at radius 3 is 2.62 bits per heavy atom. The lowest BCUT2D eigenvalue weighted by atomic mass is 9.81. The molecule has 29 heavy (non-hydrogen) atoms. The molecule has 0 amide bonds. The molecule has 1 atom stereocenters. The smallest absolute Gasteiger partial charge is 0.336 e. The normalized spacial score (nSPS) is 15.4. The molecule has 1 aliphatic heterocycles. The highest BCUT2D eigenvalue weighted by Gasteiger charge is 2.38. The van der Waals surface area contributed by atoms with Crippen LogP contribution < -0.4 is 20.3 Å². The SMILES string of the molecule is CCSc1nc2c(c(=O)[nH]1)C(c1cccc(OC)c1OC)C(C(=O)OC)=C(C)N2. The van der Waals surface area contributed by atoms with Gasteiger partial charge < -0.3 is 24.5 Å². The third kappa shape index (κ3) is 3.69. The van der Waals surface area contributed by atoms with E-state index in [2.05, 4.69) is 15.3 Å². The second-order valence-corrected chi connectivity index (χ2v) is 7.49. The van der Waals surface area contributed by atoms with Gasteiger partial charge in [-0.2, -0.15) is 0 Å². The minimum absolute atomic E-state index is 0.315. The van der Waals surface area contributed by atoms with Crippen LogP contribution in [-0.4, -0.2) is 43.0 Å². The van der Waals surface area contributed by atoms with E-state index in [1.165, 1.54) is 33.1 Å². The average molecular weight is 417 g/mol. The number of aromatic nitrogens is 2. The summed E-state index contributed by atoms with van der Waals surface area (Å²) >= 11 is 1.43. The Morgan fingerprint density at radius 1 is 1.24 bits per heavy atom. The van der Waals surface area contributed by atoms with Gasteiger partial charge >= 0.3 is 5.97 Å². The molecule has 3 rings (SSSR count). The third-order valence-electron chi connectivity index (χ3n) is 4.65. The van der Waals surface area contributed by atoms with E-state index in [1.807, 2.05) is 6.92 Å². The largest absolute Gasteiger partial charge is 0.493 e. The van der Waals surface area contributed by atoms with Crippen LogP contribution in [0.3, 0.4) is 0 Å². The molecule has 1 aromatic heterocycles. The second-order valence-electron chi connectivity index (χ2n) is 6.24. The van der Waals surface area contributed by atoms with E-state index in [-0.39, 0.29) is 5.56 Å². The Morgan fingerprint density at radius 2 is 2.00 bits per heavy atom. The molecule has 8 nitrogen and oxygen atoms in total. The number of nitrogens with zero attached hydrogens (tertiary/aromatic N) is 1. The fourth-order valence-electron chi connectivity index (χ4n) is 3.47. The van der Waals surface area contributed by atoms with Crippen molar-refractivity contribution in [1.29, 1.82) is 0 Å². The molecular formula is C20H23N3O5S. The van der Waals surface area contributed by atoms with Gasteiger partial charge in [-0.3, -0.25) is 4.79 Å². The number of carbonyl (C=O) groups excluding carboxylic acids is 1. The fourth-order valence-corrected chi connectivity index (χ4v) is 4.06. The monoisotopic (exact) mass is 417 g/mol. The first-order valence-corrected chi connectivity index (χ1v) is 9.99. The van der Waals surface area contributed by atoms with Gasteiger partial charge in [-0.05, 0) is 18.7 Å². The average Bonchev–Trinajstić information content (AvgIpc) is 2.71. The number of methoxy groups -OCH3 is 3. The number of H-pyrrole nitrogens is 1. The Bertz CT molecular complexity index is 1030. The molecule has 1 aliphatic rings. The molecule has 154 valence electrons. The lowest BCUT2D eigenvalue weighted by Crippen LogP contribution is -2.31. The van der Waals surface area contributed by atoms with Gasteiger partial charge in [0, 0.05) is 11.3 Å². The zero-order valence-corrected chi connectivity index (χ0v) is 17.7. The Balaban J connectivity index is 2.34. The van der Waals surface area contributed by atoms with Crippen LogP contribution in [-0.2, 0) is 9.53 Å². The molecule has 0 saturated carbocycles. The first-order valence-electron chi connectivity index (χ1n) is 9.00. The first-order chi connectivity index (χ1) is 14.0. The first kappa shape index (κ1) is 20.8. The van der Waals surface area contributed by atoms with Gasteiger partial charge in [0.25, 0.3) is 5.56 Å². The molecule has 1 unspecified atom stereocenters. The number of hydrogen-bond donors (Lipinski definition) is 2. The maximum atomic E-state index is 13.1. The number of hydrogen-bond acceptors (Lipinski definition) is 8. The summed E-state index contributed by atoms with van der Waals surface area (Å²) in [6.45, 7) is 3.73. The highest BCUT2D eigenvalue weighted by Crippen LogP contribution is 2.45. The van der Waals surface area contributed by atoms with Gasteiger partial charge in [0.05, 0.1) is 38.4 Å². The Kier molecular flexibility index (Phi) is 6.17. The number of allylic oxidation sites excluding steroid dienone is 1. The standard InChI is InChI=1S/C20H23N3O5S/c1-6-29-20-22-17-15(18(24)23-20)14(13(10(2)21-17)19(25)28-5)11-8-7-9-12(26-3)16(11)27-4/h7-9,14H,6H2,1-5H3,(H2,21,22,23,24). The molecule has 0 bridgehead atoms. The van der Waals surface area contributed by atoms with Crippen molar-refractivity contribution in [2.75, 3.05) is 32.4 Å². The van der Waals surface area contributed by atoms with Crippen LogP contribution in [0.1, 0.15) is 30.9 Å². The molecule has 0 saturated heterocycles. The van der Waals surface area contributed by atoms with E-state index in [0.29, 0.717) is 44.9 Å². The van der Waals surface area contributed by atoms with E-state index in [0.717, 1.165) is 5.75 Å². The molecule has 0 fully saturated rings. The van der Waals surface area contributed by atoms with Crippen LogP contribution in [0.15, 0.2) is 39.4 Å². The highest BCUT2D eigenvalue weighted by molar-refractivity contribution is 7.99. The van der Waals surface area contributed by atoms with Crippen molar-refractivity contribution < 1.29 is 19.0 Å². The number of carbonyl (C=O) groups is 1. The molecule has 2 heterocycles. The van der Waals surface area contributed by atoms with Crippen LogP contribution in [0, 0.1) is 0 Å². The van der Waals surface area contributed by atoms with Crippen LogP contribution in [0.4, 0.5) is 5.82 Å². The van der Waals surface area contributed by atoms with Gasteiger partial charge in [-0.25, -0.2) is 9.78 Å². The summed E-state index contributed by atoms with van der Waals surface area (Å²) in [5.74, 6) is 0.826. The number of benzene rings is 1. The lowest BCUT2D eigenvalue weighted by Gasteiger charge is -2.29. The van der Waals surface area contributed by atoms with Crippen molar-refractivity contribution in [3.63, 3.8) is 0 Å². The van der Waals surface area contributed by atoms with Crippen molar-refractivity contribution in [3.05, 3.63) is 50.9 Å². The zero-order valence-electron chi connectivity index (χ0n) is 16.9. The summed E-state index contributed by atoms with van der Waals surface area (Å²) in [5, 5.41) is 3.60. The molecular weight excluding hydrogens is 394 g/mol. The summed E-state index contributed by atoms with van der Waals surface area (Å²) in [5.41, 5.74) is 1.47. The highest BCUT2D eigenvalue weighted by atomic mass is 32.2. The molecule has 2 N–H and O–H groups in total. The van der Waals surface area contributed by atoms with E-state index >= 15 is 0 Å². The quantitative estimate of drug-likeness (QED) is 0.420. The number of thioether (sulfide) groups is 1. The Labute approximate surface area is 172 Å². The Hall–Kier alpha value is -2.94. The molecule has 9 heteroatoms. The maximum absolute atomic E-state index is 13.1. The van der Waals surface area contributed by atoms with E-state index in [1.54, 1.807) is 25.1 Å². The summed E-state index contributed by atoms with van der Waals surface area (Å²) in [6, 6.07) is 5.33. The third-order valence-corrected chi connectivity index (χ3v) is 5.41. The van der Waals surface area contributed by atoms with E-state index in [9.17, 15) is 9.59 Å². The van der Waals surface area contributed by atoms with E-state index in [4.69, 9.17) is 14.2 Å². The van der Waals surface area contributed by atoms with Crippen LogP contribution in [0.25, 0.3) is 0 Å². The number of nitrogens with one attached hydrogen (secondary N) is 2. The minimum Gasteiger partial charge on any atom is -0.493 e. The van der Waals surface area contributed by atoms with Crippen LogP contribution >= 0.6 is 11.8 Å². The summed E-state index contributed by atoms with van der Waals surface area (Å²) < 4.78 is 16.0. The van der Waals surface area contributed by atoms with Gasteiger partial charge in [0.15, 0.2) is 16.7 Å². The topological polar surface area (TPSA) is 103 Å². The predicted octanol–water partition coefficient (Wildman–Crippen LogP) is 2.90. The van der Waals surface area contributed by atoms with Gasteiger partial charge in [0.1, 0.15) is 5.82 Å². The molecule has 1 aromatic carbocycles. The van der Waals surface area contributed by atoms with Crippen molar-refractivity contribution in [2.45, 2.75) is 24.9 Å². The summed E-state index contributed by atoms with van der Waals surface area (Å²) in [7, 11) is 4.35. The fraction of sp³-hybridized carbons (Fsp3) is 0.350. The maximum Gasteiger partial charge on any atom is 0.336 e. The summed E-state index contributed by atoms with van der Waals surface area (Å²) in [6.07, 6.45) is 0. The number of rotatable bonds is 6. The number of aromatic amines is 1. The number of fused-ring (bicyclic) bond motifs is 1. The van der Waals surface area contributed by atoms with Gasteiger partial charge in [-0.15, -0.1) is 0 Å². The minimum atomic E-state index is -0.735. The number of esters is 1.